The normalized spacial score (nSPS) is 24.5. The second-order valence-electron chi connectivity index (χ2n) is 6.51. The van der Waals surface area contributed by atoms with Gasteiger partial charge in [-0.05, 0) is 32.1 Å². The van der Waals surface area contributed by atoms with Gasteiger partial charge >= 0.3 is 0 Å². The summed E-state index contributed by atoms with van der Waals surface area (Å²) in [6.45, 7) is 5.26. The molecule has 2 aliphatic heterocycles. The van der Waals surface area contributed by atoms with E-state index < -0.39 is 10.0 Å². The molecule has 1 unspecified atom stereocenters. The molecule has 0 aliphatic carbocycles. The van der Waals surface area contributed by atoms with Gasteiger partial charge in [0, 0.05) is 45.2 Å². The predicted octanol–water partition coefficient (Wildman–Crippen LogP) is -0.508. The van der Waals surface area contributed by atoms with Gasteiger partial charge in [-0.1, -0.05) is 0 Å². The van der Waals surface area contributed by atoms with Crippen molar-refractivity contribution in [3.05, 3.63) is 0 Å². The lowest BCUT2D eigenvalue weighted by Gasteiger charge is -2.30. The van der Waals surface area contributed by atoms with Crippen LogP contribution in [0.4, 0.5) is 0 Å². The maximum Gasteiger partial charge on any atom is 0.220 e. The minimum atomic E-state index is -3.07. The van der Waals surface area contributed by atoms with Gasteiger partial charge in [0.2, 0.25) is 15.9 Å². The summed E-state index contributed by atoms with van der Waals surface area (Å²) in [4.78, 5) is 15.9. The molecule has 3 N–H and O–H groups in total. The van der Waals surface area contributed by atoms with Crippen LogP contribution in [-0.4, -0.2) is 69.6 Å². The number of carbonyl (C=O) groups excluding carboxylic acids is 1. The average Bonchev–Trinajstić information content (AvgIpc) is 2.54. The first-order valence-electron chi connectivity index (χ1n) is 8.65. The first-order valence-corrected chi connectivity index (χ1v) is 10.5. The van der Waals surface area contributed by atoms with Crippen LogP contribution in [0.15, 0.2) is 4.99 Å². The number of aliphatic imine (C=N–C) groups is 1. The van der Waals surface area contributed by atoms with E-state index in [0.717, 1.165) is 31.8 Å². The Morgan fingerprint density at radius 1 is 1.33 bits per heavy atom. The third kappa shape index (κ3) is 5.94. The maximum atomic E-state index is 11.5. The molecule has 2 fully saturated rings. The molecule has 1 amide bonds. The van der Waals surface area contributed by atoms with E-state index in [-0.39, 0.29) is 11.9 Å². The molecule has 138 valence electrons. The van der Waals surface area contributed by atoms with Gasteiger partial charge in [0.25, 0.3) is 0 Å². The average molecular weight is 359 g/mol. The van der Waals surface area contributed by atoms with Gasteiger partial charge in [-0.2, -0.15) is 0 Å². The van der Waals surface area contributed by atoms with Crippen molar-refractivity contribution in [2.24, 2.45) is 10.9 Å². The number of nitrogens with zero attached hydrogens (tertiary/aromatic N) is 2. The summed E-state index contributed by atoms with van der Waals surface area (Å²) < 4.78 is 24.6. The zero-order valence-corrected chi connectivity index (χ0v) is 15.4. The van der Waals surface area contributed by atoms with Crippen LogP contribution in [0.3, 0.4) is 0 Å². The zero-order chi connectivity index (χ0) is 17.6. The minimum Gasteiger partial charge on any atom is -0.357 e. The van der Waals surface area contributed by atoms with Crippen LogP contribution in [-0.2, 0) is 14.8 Å². The fraction of sp³-hybridized carbons (Fsp3) is 0.867. The molecule has 0 bridgehead atoms. The molecule has 2 saturated heterocycles. The second kappa shape index (κ2) is 8.66. The second-order valence-corrected chi connectivity index (χ2v) is 8.49. The molecular weight excluding hydrogens is 330 g/mol. The van der Waals surface area contributed by atoms with E-state index in [1.807, 2.05) is 6.92 Å². The highest BCUT2D eigenvalue weighted by Gasteiger charge is 2.25. The Labute approximate surface area is 144 Å². The van der Waals surface area contributed by atoms with E-state index in [0.29, 0.717) is 38.5 Å². The van der Waals surface area contributed by atoms with E-state index in [9.17, 15) is 13.2 Å². The van der Waals surface area contributed by atoms with Crippen molar-refractivity contribution in [1.82, 2.24) is 20.3 Å². The SMILES string of the molecule is CCNC(=NCC1CCN(S(C)(=O)=O)CC1)NC1CCC(=O)NC1. The molecule has 0 aromatic carbocycles. The van der Waals surface area contributed by atoms with Gasteiger partial charge in [-0.15, -0.1) is 0 Å². The summed E-state index contributed by atoms with van der Waals surface area (Å²) >= 11 is 0. The molecule has 0 aromatic heterocycles. The standard InChI is InChI=1S/C15H29N5O3S/c1-3-16-15(19-13-4-5-14(21)17-11-13)18-10-12-6-8-20(9-7-12)24(2,22)23/h12-13H,3-11H2,1-2H3,(H,17,21)(H2,16,18,19). The molecular formula is C15H29N5O3S. The van der Waals surface area contributed by atoms with Crippen LogP contribution >= 0.6 is 0 Å². The third-order valence-electron chi connectivity index (χ3n) is 4.50. The van der Waals surface area contributed by atoms with E-state index in [2.05, 4.69) is 20.9 Å². The van der Waals surface area contributed by atoms with Crippen molar-refractivity contribution in [3.8, 4) is 0 Å². The summed E-state index contributed by atoms with van der Waals surface area (Å²) in [6, 6.07) is 0.201. The number of hydrogen-bond acceptors (Lipinski definition) is 4. The smallest absolute Gasteiger partial charge is 0.220 e. The number of amides is 1. The Bertz CT molecular complexity index is 545. The van der Waals surface area contributed by atoms with Crippen LogP contribution in [0, 0.1) is 5.92 Å². The molecule has 1 atom stereocenters. The van der Waals surface area contributed by atoms with Gasteiger partial charge in [0.05, 0.1) is 6.26 Å². The molecule has 2 heterocycles. The minimum absolute atomic E-state index is 0.104. The summed E-state index contributed by atoms with van der Waals surface area (Å²) in [6.07, 6.45) is 4.30. The van der Waals surface area contributed by atoms with Crippen molar-refractivity contribution >= 4 is 21.9 Å². The summed E-state index contributed by atoms with van der Waals surface area (Å²) in [5.74, 6) is 1.28. The van der Waals surface area contributed by atoms with Crippen LogP contribution in [0.5, 0.6) is 0 Å². The number of hydrogen-bond donors (Lipinski definition) is 3. The summed E-state index contributed by atoms with van der Waals surface area (Å²) in [7, 11) is -3.07. The van der Waals surface area contributed by atoms with Crippen molar-refractivity contribution in [1.29, 1.82) is 0 Å². The van der Waals surface area contributed by atoms with Gasteiger partial charge in [-0.3, -0.25) is 9.79 Å². The molecule has 0 spiro atoms. The van der Waals surface area contributed by atoms with Crippen LogP contribution in [0.2, 0.25) is 0 Å². The first kappa shape index (κ1) is 19.0. The van der Waals surface area contributed by atoms with E-state index in [1.165, 1.54) is 6.26 Å². The third-order valence-corrected chi connectivity index (χ3v) is 5.80. The molecule has 9 heteroatoms. The molecule has 2 rings (SSSR count). The van der Waals surface area contributed by atoms with Crippen molar-refractivity contribution in [2.75, 3.05) is 39.0 Å². The summed E-state index contributed by atoms with van der Waals surface area (Å²) in [5.41, 5.74) is 0. The molecule has 0 aromatic rings. The zero-order valence-electron chi connectivity index (χ0n) is 14.5. The molecule has 8 nitrogen and oxygen atoms in total. The maximum absolute atomic E-state index is 11.5. The van der Waals surface area contributed by atoms with Crippen LogP contribution in [0.25, 0.3) is 0 Å². The monoisotopic (exact) mass is 359 g/mol. The van der Waals surface area contributed by atoms with Gasteiger partial charge < -0.3 is 16.0 Å². The first-order chi connectivity index (χ1) is 11.4. The number of guanidine groups is 1. The quantitative estimate of drug-likeness (QED) is 0.453. The molecule has 0 radical (unpaired) electrons. The molecule has 24 heavy (non-hydrogen) atoms. The van der Waals surface area contributed by atoms with E-state index in [4.69, 9.17) is 0 Å². The van der Waals surface area contributed by atoms with E-state index in [1.54, 1.807) is 4.31 Å². The Morgan fingerprint density at radius 3 is 2.58 bits per heavy atom. The Morgan fingerprint density at radius 2 is 2.04 bits per heavy atom. The van der Waals surface area contributed by atoms with Crippen molar-refractivity contribution in [3.63, 3.8) is 0 Å². The largest absolute Gasteiger partial charge is 0.357 e. The summed E-state index contributed by atoms with van der Waals surface area (Å²) in [5, 5.41) is 9.46. The lowest BCUT2D eigenvalue weighted by Crippen LogP contribution is -2.51. The Balaban J connectivity index is 1.82. The number of nitrogens with one attached hydrogen (secondary N) is 3. The van der Waals surface area contributed by atoms with Crippen molar-refractivity contribution < 1.29 is 13.2 Å². The number of sulfonamides is 1. The lowest BCUT2D eigenvalue weighted by atomic mass is 9.98. The predicted molar refractivity (Wildman–Crippen MR) is 94.3 cm³/mol. The fourth-order valence-electron chi connectivity index (χ4n) is 3.01. The van der Waals surface area contributed by atoms with Gasteiger partial charge in [0.15, 0.2) is 5.96 Å². The van der Waals surface area contributed by atoms with Gasteiger partial charge in [0.1, 0.15) is 0 Å². The highest BCUT2D eigenvalue weighted by atomic mass is 32.2. The number of piperidine rings is 2. The highest BCUT2D eigenvalue weighted by Crippen LogP contribution is 2.19. The van der Waals surface area contributed by atoms with Crippen molar-refractivity contribution in [2.45, 2.75) is 38.6 Å². The fourth-order valence-corrected chi connectivity index (χ4v) is 3.89. The lowest BCUT2D eigenvalue weighted by molar-refractivity contribution is -0.122. The van der Waals surface area contributed by atoms with Crippen LogP contribution < -0.4 is 16.0 Å². The Hall–Kier alpha value is -1.35. The number of rotatable bonds is 5. The highest BCUT2D eigenvalue weighted by molar-refractivity contribution is 7.88. The van der Waals surface area contributed by atoms with E-state index >= 15 is 0 Å². The van der Waals surface area contributed by atoms with Gasteiger partial charge in [-0.25, -0.2) is 12.7 Å². The molecule has 2 aliphatic rings. The van der Waals surface area contributed by atoms with Crippen LogP contribution in [0.1, 0.15) is 32.6 Å². The molecule has 0 saturated carbocycles. The topological polar surface area (TPSA) is 103 Å². The Kier molecular flexibility index (Phi) is 6.85. The number of carbonyl (C=O) groups is 1.